The lowest BCUT2D eigenvalue weighted by atomic mass is 9.71. The minimum atomic E-state index is -0.463. The van der Waals surface area contributed by atoms with Crippen LogP contribution in [0.25, 0.3) is 0 Å². The highest BCUT2D eigenvalue weighted by molar-refractivity contribution is 5.91. The predicted molar refractivity (Wildman–Crippen MR) is 183 cm³/mol. The molecule has 6 nitrogen and oxygen atoms in total. The van der Waals surface area contributed by atoms with Crippen LogP contribution in [0.5, 0.6) is 17.2 Å². The Morgan fingerprint density at radius 3 is 1.53 bits per heavy atom. The highest BCUT2D eigenvalue weighted by Crippen LogP contribution is 2.40. The molecule has 1 N–H and O–H groups in total. The van der Waals surface area contributed by atoms with E-state index in [1.54, 1.807) is 31.4 Å². The van der Waals surface area contributed by atoms with Crippen molar-refractivity contribution < 1.29 is 28.9 Å². The Bertz CT molecular complexity index is 1780. The summed E-state index contributed by atoms with van der Waals surface area (Å²) in [6.07, 6.45) is 1.30. The first-order valence-corrected chi connectivity index (χ1v) is 15.7. The number of esters is 2. The van der Waals surface area contributed by atoms with Gasteiger partial charge in [0.15, 0.2) is 0 Å². The highest BCUT2D eigenvalue weighted by Gasteiger charge is 2.32. The average molecular weight is 629 g/mol. The van der Waals surface area contributed by atoms with E-state index in [-0.39, 0.29) is 12.6 Å². The number of ether oxygens (including phenoxy) is 3. The first-order valence-electron chi connectivity index (χ1n) is 15.7. The second kappa shape index (κ2) is 14.5. The fraction of sp³-hybridized carbons (Fsp3) is 0.220. The Hall–Kier alpha value is -5.20. The number of aliphatic hydroxyl groups excluding tert-OH is 1. The minimum Gasteiger partial charge on any atom is -0.497 e. The predicted octanol–water partition coefficient (Wildman–Crippen LogP) is 8.27. The molecule has 0 aliphatic carbocycles. The third-order valence-electron chi connectivity index (χ3n) is 9.01. The van der Waals surface area contributed by atoms with Gasteiger partial charge in [-0.3, -0.25) is 4.79 Å². The van der Waals surface area contributed by atoms with Crippen LogP contribution in [-0.4, -0.2) is 30.8 Å². The molecule has 0 spiro atoms. The molecule has 0 aromatic heterocycles. The van der Waals surface area contributed by atoms with Gasteiger partial charge in [0.1, 0.15) is 17.2 Å². The van der Waals surface area contributed by atoms with Crippen LogP contribution in [0.1, 0.15) is 71.8 Å². The topological polar surface area (TPSA) is 82.1 Å². The molecule has 0 heterocycles. The molecular formula is C41H40O6. The quantitative estimate of drug-likeness (QED) is 0.0851. The van der Waals surface area contributed by atoms with Gasteiger partial charge in [0.25, 0.3) is 0 Å². The van der Waals surface area contributed by atoms with Crippen LogP contribution in [0.3, 0.4) is 0 Å². The summed E-state index contributed by atoms with van der Waals surface area (Å²) in [4.78, 5) is 24.6. The maximum atomic E-state index is 13.2. The van der Waals surface area contributed by atoms with Crippen molar-refractivity contribution in [2.24, 2.45) is 0 Å². The van der Waals surface area contributed by atoms with Gasteiger partial charge in [0, 0.05) is 24.4 Å². The standard InChI is InChI=1S/C41H40O6/c1-29(43)46-37-23-15-31(16-24-37)40(2,27-8-28-42)32-17-25-38(26-18-32)47-39(44)30-11-13-34(14-12-30)41(3,33-9-6-5-7-10-33)35-19-21-36(45-4)22-20-35/h5-7,9-26,42H,8,27-28H2,1-4H3. The van der Waals surface area contributed by atoms with Crippen molar-refractivity contribution in [3.8, 4) is 17.2 Å². The molecule has 0 amide bonds. The minimum absolute atomic E-state index is 0.0696. The lowest BCUT2D eigenvalue weighted by molar-refractivity contribution is -0.131. The maximum absolute atomic E-state index is 13.2. The zero-order valence-electron chi connectivity index (χ0n) is 27.2. The summed E-state index contributed by atoms with van der Waals surface area (Å²) in [6.45, 7) is 5.73. The highest BCUT2D eigenvalue weighted by atomic mass is 16.5. The first-order chi connectivity index (χ1) is 22.7. The molecule has 0 saturated heterocycles. The number of hydrogen-bond donors (Lipinski definition) is 1. The molecule has 5 rings (SSSR count). The molecule has 0 bridgehead atoms. The normalized spacial score (nSPS) is 13.6. The maximum Gasteiger partial charge on any atom is 0.343 e. The molecule has 2 unspecified atom stereocenters. The van der Waals surface area contributed by atoms with E-state index in [1.807, 2.05) is 78.9 Å². The van der Waals surface area contributed by atoms with Crippen molar-refractivity contribution >= 4 is 11.9 Å². The van der Waals surface area contributed by atoms with Crippen molar-refractivity contribution in [2.45, 2.75) is 44.4 Å². The Labute approximate surface area is 276 Å². The summed E-state index contributed by atoms with van der Waals surface area (Å²) in [5.74, 6) is 0.886. The molecule has 47 heavy (non-hydrogen) atoms. The molecule has 0 radical (unpaired) electrons. The van der Waals surface area contributed by atoms with Crippen LogP contribution >= 0.6 is 0 Å². The van der Waals surface area contributed by atoms with Crippen LogP contribution in [0.2, 0.25) is 0 Å². The van der Waals surface area contributed by atoms with Gasteiger partial charge < -0.3 is 19.3 Å². The van der Waals surface area contributed by atoms with E-state index in [4.69, 9.17) is 14.2 Å². The first kappa shape index (κ1) is 33.2. The van der Waals surface area contributed by atoms with Gasteiger partial charge in [-0.1, -0.05) is 85.8 Å². The van der Waals surface area contributed by atoms with Gasteiger partial charge >= 0.3 is 11.9 Å². The van der Waals surface area contributed by atoms with Crippen molar-refractivity contribution in [1.29, 1.82) is 0 Å². The van der Waals surface area contributed by atoms with E-state index in [9.17, 15) is 14.7 Å². The molecule has 0 fully saturated rings. The molecule has 5 aromatic rings. The van der Waals surface area contributed by atoms with E-state index in [1.165, 1.54) is 6.92 Å². The van der Waals surface area contributed by atoms with Crippen molar-refractivity contribution in [1.82, 2.24) is 0 Å². The summed E-state index contributed by atoms with van der Waals surface area (Å²) in [7, 11) is 1.66. The van der Waals surface area contributed by atoms with Crippen LogP contribution in [0.15, 0.2) is 127 Å². The molecular weight excluding hydrogens is 588 g/mol. The summed E-state index contributed by atoms with van der Waals surface area (Å²) < 4.78 is 16.4. The number of carbonyl (C=O) groups excluding carboxylic acids is 2. The SMILES string of the molecule is COc1ccc(C(C)(c2ccccc2)c2ccc(C(=O)Oc3ccc(C(C)(CCCO)c4ccc(OC(C)=O)cc4)cc3)cc2)cc1. The fourth-order valence-corrected chi connectivity index (χ4v) is 6.14. The van der Waals surface area contributed by atoms with E-state index < -0.39 is 16.8 Å². The number of hydrogen-bond acceptors (Lipinski definition) is 6. The van der Waals surface area contributed by atoms with Gasteiger partial charge in [0.05, 0.1) is 12.7 Å². The molecule has 0 aliphatic rings. The summed E-state index contributed by atoms with van der Waals surface area (Å²) in [5.41, 5.74) is 4.86. The second-order valence-corrected chi connectivity index (χ2v) is 12.0. The molecule has 0 aliphatic heterocycles. The zero-order chi connectivity index (χ0) is 33.4. The fourth-order valence-electron chi connectivity index (χ4n) is 6.14. The molecule has 5 aromatic carbocycles. The van der Waals surface area contributed by atoms with Crippen molar-refractivity contribution in [2.75, 3.05) is 13.7 Å². The van der Waals surface area contributed by atoms with Crippen molar-refractivity contribution in [3.63, 3.8) is 0 Å². The number of rotatable bonds is 12. The van der Waals surface area contributed by atoms with Gasteiger partial charge in [-0.2, -0.15) is 0 Å². The second-order valence-electron chi connectivity index (χ2n) is 12.0. The number of carbonyl (C=O) groups is 2. The lowest BCUT2D eigenvalue weighted by Gasteiger charge is -2.32. The summed E-state index contributed by atoms with van der Waals surface area (Å²) >= 11 is 0. The monoisotopic (exact) mass is 628 g/mol. The van der Waals surface area contributed by atoms with Gasteiger partial charge in [-0.15, -0.1) is 0 Å². The number of benzene rings is 5. The summed E-state index contributed by atoms with van der Waals surface area (Å²) in [6, 6.07) is 40.8. The Balaban J connectivity index is 1.35. The molecule has 2 atom stereocenters. The molecule has 240 valence electrons. The number of aliphatic hydroxyl groups is 1. The third-order valence-corrected chi connectivity index (χ3v) is 9.01. The lowest BCUT2D eigenvalue weighted by Crippen LogP contribution is -2.25. The van der Waals surface area contributed by atoms with E-state index in [2.05, 4.69) is 38.1 Å². The Morgan fingerprint density at radius 1 is 0.596 bits per heavy atom. The van der Waals surface area contributed by atoms with Gasteiger partial charge in [-0.25, -0.2) is 4.79 Å². The third kappa shape index (κ3) is 7.29. The smallest absolute Gasteiger partial charge is 0.343 e. The van der Waals surface area contributed by atoms with Crippen LogP contribution in [0, 0.1) is 0 Å². The summed E-state index contributed by atoms with van der Waals surface area (Å²) in [5, 5.41) is 9.60. The van der Waals surface area contributed by atoms with Gasteiger partial charge in [0.2, 0.25) is 0 Å². The molecule has 6 heteroatoms. The van der Waals surface area contributed by atoms with E-state index in [0.717, 1.165) is 33.6 Å². The Morgan fingerprint density at radius 2 is 1.04 bits per heavy atom. The van der Waals surface area contributed by atoms with E-state index >= 15 is 0 Å². The number of methoxy groups -OCH3 is 1. The Kier molecular flexibility index (Phi) is 10.2. The zero-order valence-corrected chi connectivity index (χ0v) is 27.2. The van der Waals surface area contributed by atoms with Crippen molar-refractivity contribution in [3.05, 3.63) is 161 Å². The largest absolute Gasteiger partial charge is 0.497 e. The average Bonchev–Trinajstić information content (AvgIpc) is 3.11. The van der Waals surface area contributed by atoms with Crippen LogP contribution in [-0.2, 0) is 15.6 Å². The van der Waals surface area contributed by atoms with E-state index in [0.29, 0.717) is 29.9 Å². The van der Waals surface area contributed by atoms with Crippen LogP contribution in [0.4, 0.5) is 0 Å². The molecule has 0 saturated carbocycles. The van der Waals surface area contributed by atoms with Crippen LogP contribution < -0.4 is 14.2 Å². The van der Waals surface area contributed by atoms with Gasteiger partial charge in [-0.05, 0) is 96.1 Å².